The summed E-state index contributed by atoms with van der Waals surface area (Å²) in [6.45, 7) is 11.3. The summed E-state index contributed by atoms with van der Waals surface area (Å²) >= 11 is 0. The van der Waals surface area contributed by atoms with Crippen LogP contribution in [0.3, 0.4) is 0 Å². The van der Waals surface area contributed by atoms with Crippen LogP contribution in [-0.4, -0.2) is 19.0 Å². The summed E-state index contributed by atoms with van der Waals surface area (Å²) < 4.78 is 0. The van der Waals surface area contributed by atoms with Crippen LogP contribution in [0.15, 0.2) is 12.1 Å². The third-order valence-electron chi connectivity index (χ3n) is 3.27. The van der Waals surface area contributed by atoms with Crippen molar-refractivity contribution in [2.75, 3.05) is 13.1 Å². The van der Waals surface area contributed by atoms with Crippen LogP contribution < -0.4 is 11.1 Å². The molecule has 1 aromatic carbocycles. The molecule has 0 aliphatic heterocycles. The number of nitrogens with two attached hydrogens (primary N) is 1. The molecule has 1 amide bonds. The summed E-state index contributed by atoms with van der Waals surface area (Å²) in [6, 6.07) is 4.38. The molecule has 0 fully saturated rings. The minimum absolute atomic E-state index is 0.0436. The molecular weight excluding hydrogens is 224 g/mol. The van der Waals surface area contributed by atoms with Crippen molar-refractivity contribution in [1.82, 2.24) is 5.32 Å². The van der Waals surface area contributed by atoms with Crippen LogP contribution >= 0.6 is 0 Å². The second-order valence-electron chi connectivity index (χ2n) is 5.64. The van der Waals surface area contributed by atoms with Crippen molar-refractivity contribution in [2.24, 2.45) is 5.73 Å². The highest BCUT2D eigenvalue weighted by molar-refractivity contribution is 5.77. The Bertz CT molecular complexity index is 427. The third-order valence-corrected chi connectivity index (χ3v) is 3.27. The summed E-state index contributed by atoms with van der Waals surface area (Å²) in [6.07, 6.45) is 0. The van der Waals surface area contributed by atoms with Gasteiger partial charge < -0.3 is 11.1 Å². The van der Waals surface area contributed by atoms with E-state index in [1.165, 1.54) is 22.3 Å². The zero-order chi connectivity index (χ0) is 13.9. The van der Waals surface area contributed by atoms with E-state index in [4.69, 9.17) is 5.73 Å². The Morgan fingerprint density at radius 2 is 1.72 bits per heavy atom. The van der Waals surface area contributed by atoms with Gasteiger partial charge in [-0.25, -0.2) is 0 Å². The van der Waals surface area contributed by atoms with Gasteiger partial charge in [-0.1, -0.05) is 31.5 Å². The quantitative estimate of drug-likeness (QED) is 0.856. The van der Waals surface area contributed by atoms with Gasteiger partial charge in [-0.15, -0.1) is 0 Å². The highest BCUT2D eigenvalue weighted by Crippen LogP contribution is 2.29. The lowest BCUT2D eigenvalue weighted by molar-refractivity contribution is -0.119. The van der Waals surface area contributed by atoms with Gasteiger partial charge in [-0.05, 0) is 37.5 Å². The van der Waals surface area contributed by atoms with E-state index in [0.29, 0.717) is 6.54 Å². The third kappa shape index (κ3) is 3.33. The fourth-order valence-electron chi connectivity index (χ4n) is 2.73. The van der Waals surface area contributed by atoms with Crippen molar-refractivity contribution in [3.8, 4) is 0 Å². The normalized spacial score (nSPS) is 11.4. The standard InChI is InChI=1S/C15H24N2O/c1-10-6-11(2)14(12(3)7-10)15(4,5)9-17-13(18)8-16/h6-7H,8-9,16H2,1-5H3,(H,17,18). The van der Waals surface area contributed by atoms with Crippen molar-refractivity contribution in [3.63, 3.8) is 0 Å². The van der Waals surface area contributed by atoms with Crippen molar-refractivity contribution in [2.45, 2.75) is 40.0 Å². The largest absolute Gasteiger partial charge is 0.354 e. The zero-order valence-electron chi connectivity index (χ0n) is 12.1. The van der Waals surface area contributed by atoms with Gasteiger partial charge in [0, 0.05) is 12.0 Å². The lowest BCUT2D eigenvalue weighted by Gasteiger charge is -2.29. The summed E-state index contributed by atoms with van der Waals surface area (Å²) in [5.74, 6) is -0.106. The van der Waals surface area contributed by atoms with Crippen LogP contribution in [0.1, 0.15) is 36.1 Å². The Labute approximate surface area is 110 Å². The molecule has 0 aliphatic rings. The Morgan fingerprint density at radius 3 is 2.17 bits per heavy atom. The number of hydrogen-bond acceptors (Lipinski definition) is 2. The van der Waals surface area contributed by atoms with E-state index in [2.05, 4.69) is 52.1 Å². The minimum Gasteiger partial charge on any atom is -0.354 e. The number of aryl methyl sites for hydroxylation is 3. The second kappa shape index (κ2) is 5.53. The molecule has 0 spiro atoms. The summed E-state index contributed by atoms with van der Waals surface area (Å²) in [4.78, 5) is 11.3. The first kappa shape index (κ1) is 14.7. The van der Waals surface area contributed by atoms with Crippen LogP contribution in [0.5, 0.6) is 0 Å². The van der Waals surface area contributed by atoms with Crippen LogP contribution in [0.25, 0.3) is 0 Å². The van der Waals surface area contributed by atoms with Crippen molar-refractivity contribution in [1.29, 1.82) is 0 Å². The molecule has 100 valence electrons. The van der Waals surface area contributed by atoms with Crippen LogP contribution in [-0.2, 0) is 10.2 Å². The van der Waals surface area contributed by atoms with E-state index in [0.717, 1.165) is 0 Å². The van der Waals surface area contributed by atoms with Crippen molar-refractivity contribution in [3.05, 3.63) is 34.4 Å². The Hall–Kier alpha value is -1.35. The highest BCUT2D eigenvalue weighted by atomic mass is 16.1. The number of carbonyl (C=O) groups is 1. The summed E-state index contributed by atoms with van der Waals surface area (Å²) in [5, 5.41) is 2.88. The van der Waals surface area contributed by atoms with E-state index in [1.54, 1.807) is 0 Å². The molecular formula is C15H24N2O. The number of benzene rings is 1. The molecule has 0 saturated heterocycles. The van der Waals surface area contributed by atoms with Crippen LogP contribution in [0.2, 0.25) is 0 Å². The molecule has 3 heteroatoms. The Kier molecular flexibility index (Phi) is 4.52. The van der Waals surface area contributed by atoms with E-state index < -0.39 is 0 Å². The summed E-state index contributed by atoms with van der Waals surface area (Å²) in [7, 11) is 0. The molecule has 0 radical (unpaired) electrons. The van der Waals surface area contributed by atoms with Gasteiger partial charge in [0.25, 0.3) is 0 Å². The van der Waals surface area contributed by atoms with E-state index in [-0.39, 0.29) is 17.9 Å². The van der Waals surface area contributed by atoms with Gasteiger partial charge in [0.2, 0.25) is 5.91 Å². The average molecular weight is 248 g/mol. The first-order valence-electron chi connectivity index (χ1n) is 6.33. The number of rotatable bonds is 4. The van der Waals surface area contributed by atoms with Gasteiger partial charge >= 0.3 is 0 Å². The average Bonchev–Trinajstić information content (AvgIpc) is 2.24. The van der Waals surface area contributed by atoms with Crippen LogP contribution in [0, 0.1) is 20.8 Å². The molecule has 0 saturated carbocycles. The van der Waals surface area contributed by atoms with Crippen molar-refractivity contribution >= 4 is 5.91 Å². The van der Waals surface area contributed by atoms with Crippen LogP contribution in [0.4, 0.5) is 0 Å². The first-order chi connectivity index (χ1) is 8.27. The molecule has 0 aromatic heterocycles. The molecule has 0 aliphatic carbocycles. The highest BCUT2D eigenvalue weighted by Gasteiger charge is 2.25. The topological polar surface area (TPSA) is 55.1 Å². The van der Waals surface area contributed by atoms with Gasteiger partial charge in [-0.2, -0.15) is 0 Å². The maximum Gasteiger partial charge on any atom is 0.233 e. The minimum atomic E-state index is -0.106. The maximum atomic E-state index is 11.3. The molecule has 0 atom stereocenters. The fraction of sp³-hybridized carbons (Fsp3) is 0.533. The molecule has 1 rings (SSSR count). The van der Waals surface area contributed by atoms with Gasteiger partial charge in [0.05, 0.1) is 6.54 Å². The monoisotopic (exact) mass is 248 g/mol. The smallest absolute Gasteiger partial charge is 0.233 e. The number of hydrogen-bond donors (Lipinski definition) is 2. The first-order valence-corrected chi connectivity index (χ1v) is 6.33. The summed E-state index contributed by atoms with van der Waals surface area (Å²) in [5.41, 5.74) is 10.4. The predicted octanol–water partition coefficient (Wildman–Crippen LogP) is 1.96. The zero-order valence-corrected chi connectivity index (χ0v) is 12.1. The lowest BCUT2D eigenvalue weighted by atomic mass is 9.79. The van der Waals surface area contributed by atoms with Gasteiger partial charge in [0.15, 0.2) is 0 Å². The molecule has 0 unspecified atom stereocenters. The molecule has 3 N–H and O–H groups in total. The number of nitrogens with one attached hydrogen (secondary N) is 1. The predicted molar refractivity (Wildman–Crippen MR) is 75.7 cm³/mol. The molecule has 3 nitrogen and oxygen atoms in total. The van der Waals surface area contributed by atoms with E-state index >= 15 is 0 Å². The second-order valence-corrected chi connectivity index (χ2v) is 5.64. The van der Waals surface area contributed by atoms with Crippen molar-refractivity contribution < 1.29 is 4.79 Å². The van der Waals surface area contributed by atoms with Gasteiger partial charge in [0.1, 0.15) is 0 Å². The van der Waals surface area contributed by atoms with Gasteiger partial charge in [-0.3, -0.25) is 4.79 Å². The molecule has 0 heterocycles. The lowest BCUT2D eigenvalue weighted by Crippen LogP contribution is -2.40. The molecule has 1 aromatic rings. The Balaban J connectivity index is 3.01. The maximum absolute atomic E-state index is 11.3. The Morgan fingerprint density at radius 1 is 1.22 bits per heavy atom. The fourth-order valence-corrected chi connectivity index (χ4v) is 2.73. The number of carbonyl (C=O) groups excluding carboxylic acids is 1. The molecule has 0 bridgehead atoms. The van der Waals surface area contributed by atoms with E-state index in [9.17, 15) is 4.79 Å². The number of amides is 1. The molecule has 18 heavy (non-hydrogen) atoms. The SMILES string of the molecule is Cc1cc(C)c(C(C)(C)CNC(=O)CN)c(C)c1. The van der Waals surface area contributed by atoms with E-state index in [1.807, 2.05) is 0 Å².